The first-order valence-corrected chi connectivity index (χ1v) is 6.12. The quantitative estimate of drug-likeness (QED) is 0.340. The number of hydrogen-bond acceptors (Lipinski definition) is 2. The third-order valence-corrected chi connectivity index (χ3v) is 3.39. The minimum atomic E-state index is 0.411. The van der Waals surface area contributed by atoms with Crippen molar-refractivity contribution in [3.05, 3.63) is 27.7 Å². The van der Waals surface area contributed by atoms with Crippen LogP contribution < -0.4 is 16.6 Å². The molecule has 0 heterocycles. The highest BCUT2D eigenvalue weighted by atomic mass is 79.9. The lowest BCUT2D eigenvalue weighted by Gasteiger charge is -2.09. The Morgan fingerprint density at radius 2 is 2.25 bits per heavy atom. The number of nitrogens with one attached hydrogen (secondary N) is 2. The first-order valence-electron chi connectivity index (χ1n) is 4.95. The Hall–Kier alpha value is -0.780. The maximum absolute atomic E-state index is 5.90. The summed E-state index contributed by atoms with van der Waals surface area (Å²) in [5.41, 5.74) is 3.43. The number of nitrogens with zero attached hydrogens (tertiary/aromatic N) is 1. The molecule has 0 atom stereocenters. The summed E-state index contributed by atoms with van der Waals surface area (Å²) in [5, 5.41) is 3.77. The molecule has 1 aliphatic rings. The SMILES string of the molecule is NNC(=NC1CC1)Nc1ccc(Cl)c(Br)c1. The molecule has 16 heavy (non-hydrogen) atoms. The lowest BCUT2D eigenvalue weighted by atomic mass is 10.3. The largest absolute Gasteiger partial charge is 0.325 e. The molecule has 1 aliphatic carbocycles. The molecule has 1 fully saturated rings. The van der Waals surface area contributed by atoms with Gasteiger partial charge in [-0.3, -0.25) is 5.43 Å². The Kier molecular flexibility index (Phi) is 3.68. The minimum Gasteiger partial charge on any atom is -0.325 e. The maximum atomic E-state index is 5.90. The number of nitrogens with two attached hydrogens (primary N) is 1. The zero-order valence-electron chi connectivity index (χ0n) is 8.50. The molecule has 0 aromatic heterocycles. The molecule has 1 saturated carbocycles. The van der Waals surface area contributed by atoms with Crippen molar-refractivity contribution < 1.29 is 0 Å². The molecule has 0 radical (unpaired) electrons. The van der Waals surface area contributed by atoms with Gasteiger partial charge in [-0.05, 0) is 47.0 Å². The van der Waals surface area contributed by atoms with Crippen LogP contribution in [-0.4, -0.2) is 12.0 Å². The average Bonchev–Trinajstić information content (AvgIpc) is 3.06. The topological polar surface area (TPSA) is 62.4 Å². The fraction of sp³-hybridized carbons (Fsp3) is 0.300. The zero-order chi connectivity index (χ0) is 11.5. The van der Waals surface area contributed by atoms with E-state index < -0.39 is 0 Å². The predicted octanol–water partition coefficient (Wildman–Crippen LogP) is 2.50. The highest BCUT2D eigenvalue weighted by Gasteiger charge is 2.20. The summed E-state index contributed by atoms with van der Waals surface area (Å²) in [6, 6.07) is 5.96. The minimum absolute atomic E-state index is 0.411. The maximum Gasteiger partial charge on any atom is 0.210 e. The van der Waals surface area contributed by atoms with E-state index >= 15 is 0 Å². The molecule has 0 saturated heterocycles. The lowest BCUT2D eigenvalue weighted by Crippen LogP contribution is -2.36. The molecule has 6 heteroatoms. The van der Waals surface area contributed by atoms with Crippen molar-refractivity contribution >= 4 is 39.2 Å². The van der Waals surface area contributed by atoms with Gasteiger partial charge in [0.05, 0.1) is 11.1 Å². The van der Waals surface area contributed by atoms with E-state index in [0.717, 1.165) is 23.0 Å². The molecule has 1 aromatic carbocycles. The summed E-state index contributed by atoms with van der Waals surface area (Å²) in [6.07, 6.45) is 2.27. The van der Waals surface area contributed by atoms with E-state index in [1.807, 2.05) is 12.1 Å². The van der Waals surface area contributed by atoms with E-state index in [4.69, 9.17) is 17.4 Å². The van der Waals surface area contributed by atoms with Crippen molar-refractivity contribution in [2.75, 3.05) is 5.32 Å². The van der Waals surface area contributed by atoms with Gasteiger partial charge in [0.25, 0.3) is 0 Å². The van der Waals surface area contributed by atoms with Gasteiger partial charge in [-0.25, -0.2) is 10.8 Å². The van der Waals surface area contributed by atoms with Crippen LogP contribution in [0.4, 0.5) is 5.69 Å². The number of guanidine groups is 1. The van der Waals surface area contributed by atoms with E-state index in [1.54, 1.807) is 6.07 Å². The van der Waals surface area contributed by atoms with Crippen molar-refractivity contribution in [3.8, 4) is 0 Å². The van der Waals surface area contributed by atoms with Gasteiger partial charge in [0, 0.05) is 10.2 Å². The van der Waals surface area contributed by atoms with Crippen molar-refractivity contribution in [3.63, 3.8) is 0 Å². The molecule has 1 aromatic rings. The summed E-state index contributed by atoms with van der Waals surface area (Å²) in [7, 11) is 0. The van der Waals surface area contributed by atoms with Crippen LogP contribution in [0.15, 0.2) is 27.7 Å². The van der Waals surface area contributed by atoms with Crippen molar-refractivity contribution in [2.45, 2.75) is 18.9 Å². The van der Waals surface area contributed by atoms with Gasteiger partial charge in [-0.15, -0.1) is 0 Å². The van der Waals surface area contributed by atoms with Crippen molar-refractivity contribution in [2.24, 2.45) is 10.8 Å². The van der Waals surface area contributed by atoms with Crippen LogP contribution in [0.3, 0.4) is 0 Å². The fourth-order valence-electron chi connectivity index (χ4n) is 1.20. The molecule has 0 amide bonds. The molecule has 0 spiro atoms. The van der Waals surface area contributed by atoms with Crippen LogP contribution in [0.25, 0.3) is 0 Å². The van der Waals surface area contributed by atoms with Crippen LogP contribution in [0.1, 0.15) is 12.8 Å². The molecule has 4 N–H and O–H groups in total. The zero-order valence-corrected chi connectivity index (χ0v) is 10.8. The van der Waals surface area contributed by atoms with E-state index in [9.17, 15) is 0 Å². The normalized spacial score (nSPS) is 16.1. The fourth-order valence-corrected chi connectivity index (χ4v) is 1.70. The third kappa shape index (κ3) is 3.10. The average molecular weight is 304 g/mol. The first kappa shape index (κ1) is 11.7. The summed E-state index contributed by atoms with van der Waals surface area (Å²) < 4.78 is 0.835. The number of aliphatic imine (C=N–C) groups is 1. The van der Waals surface area contributed by atoms with Gasteiger partial charge < -0.3 is 5.32 Å². The Balaban J connectivity index is 2.09. The highest BCUT2D eigenvalue weighted by molar-refractivity contribution is 9.10. The summed E-state index contributed by atoms with van der Waals surface area (Å²) in [6.45, 7) is 0. The van der Waals surface area contributed by atoms with Crippen LogP contribution in [-0.2, 0) is 0 Å². The lowest BCUT2D eigenvalue weighted by molar-refractivity contribution is 0.966. The Morgan fingerprint density at radius 3 is 2.81 bits per heavy atom. The van der Waals surface area contributed by atoms with Crippen LogP contribution in [0, 0.1) is 0 Å². The summed E-state index contributed by atoms with van der Waals surface area (Å²) in [4.78, 5) is 4.38. The Morgan fingerprint density at radius 1 is 1.50 bits per heavy atom. The summed E-state index contributed by atoms with van der Waals surface area (Å²) >= 11 is 9.26. The summed E-state index contributed by atoms with van der Waals surface area (Å²) in [5.74, 6) is 5.96. The second-order valence-electron chi connectivity index (χ2n) is 3.61. The molecule has 86 valence electrons. The molecular weight excluding hydrogens is 291 g/mol. The number of hydrogen-bond donors (Lipinski definition) is 3. The highest BCUT2D eigenvalue weighted by Crippen LogP contribution is 2.26. The molecule has 2 rings (SSSR count). The van der Waals surface area contributed by atoms with Crippen LogP contribution >= 0.6 is 27.5 Å². The van der Waals surface area contributed by atoms with E-state index in [0.29, 0.717) is 17.0 Å². The second kappa shape index (κ2) is 5.03. The van der Waals surface area contributed by atoms with Crippen LogP contribution in [0.2, 0.25) is 5.02 Å². The van der Waals surface area contributed by atoms with Crippen LogP contribution in [0.5, 0.6) is 0 Å². The van der Waals surface area contributed by atoms with Gasteiger partial charge >= 0.3 is 0 Å². The molecular formula is C10H12BrClN4. The number of benzene rings is 1. The smallest absolute Gasteiger partial charge is 0.210 e. The van der Waals surface area contributed by atoms with Gasteiger partial charge in [-0.2, -0.15) is 0 Å². The standard InChI is InChI=1S/C10H12BrClN4/c11-8-5-7(3-4-9(8)12)15-10(16-13)14-6-1-2-6/h3-6H,1-2,13H2,(H2,14,15,16). The monoisotopic (exact) mass is 302 g/mol. The Labute approximate surface area is 107 Å². The van der Waals surface area contributed by atoms with Gasteiger partial charge in [0.15, 0.2) is 0 Å². The second-order valence-corrected chi connectivity index (χ2v) is 4.87. The third-order valence-electron chi connectivity index (χ3n) is 2.18. The van der Waals surface area contributed by atoms with Gasteiger partial charge in [0.1, 0.15) is 0 Å². The number of hydrazine groups is 1. The van der Waals surface area contributed by atoms with E-state index in [-0.39, 0.29) is 0 Å². The number of halogens is 2. The molecule has 0 bridgehead atoms. The molecule has 0 unspecified atom stereocenters. The first-order chi connectivity index (χ1) is 7.69. The number of rotatable bonds is 2. The van der Waals surface area contributed by atoms with E-state index in [1.165, 1.54) is 0 Å². The molecule has 0 aliphatic heterocycles. The Bertz CT molecular complexity index is 417. The van der Waals surface area contributed by atoms with E-state index in [2.05, 4.69) is 31.7 Å². The van der Waals surface area contributed by atoms with Crippen molar-refractivity contribution in [1.29, 1.82) is 0 Å². The predicted molar refractivity (Wildman–Crippen MR) is 70.6 cm³/mol. The molecule has 4 nitrogen and oxygen atoms in total. The van der Waals surface area contributed by atoms with Gasteiger partial charge in [0.2, 0.25) is 5.96 Å². The van der Waals surface area contributed by atoms with Gasteiger partial charge in [-0.1, -0.05) is 11.6 Å². The van der Waals surface area contributed by atoms with Crippen molar-refractivity contribution in [1.82, 2.24) is 5.43 Å². The number of anilines is 1.